The van der Waals surface area contributed by atoms with Crippen molar-refractivity contribution in [1.82, 2.24) is 20.0 Å². The van der Waals surface area contributed by atoms with Gasteiger partial charge in [-0.15, -0.1) is 0 Å². The molecule has 1 aromatic carbocycles. The van der Waals surface area contributed by atoms with E-state index < -0.39 is 0 Å². The Morgan fingerprint density at radius 2 is 1.75 bits per heavy atom. The Labute approximate surface area is 172 Å². The second kappa shape index (κ2) is 9.73. The van der Waals surface area contributed by atoms with E-state index in [2.05, 4.69) is 32.1 Å². The van der Waals surface area contributed by atoms with Gasteiger partial charge in [0.15, 0.2) is 16.6 Å². The van der Waals surface area contributed by atoms with Crippen LogP contribution in [0.5, 0.6) is 11.5 Å². The predicted molar refractivity (Wildman–Crippen MR) is 112 cm³/mol. The molecule has 3 heterocycles. The first-order chi connectivity index (χ1) is 13.8. The zero-order valence-corrected chi connectivity index (χ0v) is 17.2. The van der Waals surface area contributed by atoms with Crippen molar-refractivity contribution in [3.8, 4) is 11.5 Å². The van der Waals surface area contributed by atoms with Gasteiger partial charge >= 0.3 is 0 Å². The van der Waals surface area contributed by atoms with Crippen molar-refractivity contribution in [3.05, 3.63) is 23.8 Å². The molecule has 3 aliphatic heterocycles. The van der Waals surface area contributed by atoms with Gasteiger partial charge in [0.05, 0.1) is 13.2 Å². The number of ether oxygens (including phenoxy) is 3. The summed E-state index contributed by atoms with van der Waals surface area (Å²) in [4.78, 5) is 7.22. The van der Waals surface area contributed by atoms with Crippen LogP contribution in [0.2, 0.25) is 0 Å². The fourth-order valence-corrected chi connectivity index (χ4v) is 4.13. The van der Waals surface area contributed by atoms with Crippen molar-refractivity contribution < 1.29 is 14.2 Å². The topological polar surface area (TPSA) is 49.4 Å². The lowest BCUT2D eigenvalue weighted by molar-refractivity contribution is 0.0375. The number of nitrogens with one attached hydrogen (secondary N) is 1. The second-order valence-electron chi connectivity index (χ2n) is 7.49. The lowest BCUT2D eigenvalue weighted by Crippen LogP contribution is -2.51. The number of benzene rings is 1. The van der Waals surface area contributed by atoms with Crippen LogP contribution in [0.15, 0.2) is 18.2 Å². The molecule has 1 aromatic rings. The van der Waals surface area contributed by atoms with Crippen LogP contribution in [0.4, 0.5) is 0 Å². The van der Waals surface area contributed by atoms with Crippen LogP contribution in [0, 0.1) is 0 Å². The van der Waals surface area contributed by atoms with Crippen LogP contribution in [-0.4, -0.2) is 92.2 Å². The number of nitrogens with zero attached hydrogens (tertiary/aromatic N) is 3. The van der Waals surface area contributed by atoms with Gasteiger partial charge in [-0.05, 0) is 42.9 Å². The van der Waals surface area contributed by atoms with Crippen molar-refractivity contribution in [2.45, 2.75) is 13.0 Å². The van der Waals surface area contributed by atoms with Crippen LogP contribution in [0.25, 0.3) is 0 Å². The minimum absolute atomic E-state index is 0.328. The molecule has 0 aliphatic carbocycles. The molecule has 0 spiro atoms. The van der Waals surface area contributed by atoms with Gasteiger partial charge in [-0.25, -0.2) is 0 Å². The second-order valence-corrected chi connectivity index (χ2v) is 7.88. The third-order valence-corrected chi connectivity index (χ3v) is 5.94. The Morgan fingerprint density at radius 3 is 2.57 bits per heavy atom. The van der Waals surface area contributed by atoms with Gasteiger partial charge in [-0.1, -0.05) is 6.07 Å². The third kappa shape index (κ3) is 5.26. The van der Waals surface area contributed by atoms with E-state index in [0.29, 0.717) is 6.79 Å². The first-order valence-corrected chi connectivity index (χ1v) is 10.6. The van der Waals surface area contributed by atoms with E-state index in [-0.39, 0.29) is 0 Å². The molecule has 0 atom stereocenters. The number of morpholine rings is 1. The highest BCUT2D eigenvalue weighted by Gasteiger charge is 2.20. The SMILES string of the molecule is S=C(NCCCN1CCOCC1)N1CCN(Cc2ccc3c(c2)OCO3)CC1. The van der Waals surface area contributed by atoms with E-state index >= 15 is 0 Å². The molecule has 0 amide bonds. The standard InChI is InChI=1S/C20H30N4O3S/c28-20(21-4-1-5-22-10-12-25-13-11-22)24-8-6-23(7-9-24)15-17-2-3-18-19(14-17)27-16-26-18/h2-3,14H,1,4-13,15-16H2,(H,21,28). The molecule has 7 nitrogen and oxygen atoms in total. The lowest BCUT2D eigenvalue weighted by Gasteiger charge is -2.36. The first kappa shape index (κ1) is 19.7. The Morgan fingerprint density at radius 1 is 0.964 bits per heavy atom. The number of hydrogen-bond donors (Lipinski definition) is 1. The molecule has 28 heavy (non-hydrogen) atoms. The number of piperazine rings is 1. The molecule has 0 saturated carbocycles. The summed E-state index contributed by atoms with van der Waals surface area (Å²) in [6.45, 7) is 11.1. The molecule has 0 radical (unpaired) electrons. The smallest absolute Gasteiger partial charge is 0.231 e. The van der Waals surface area contributed by atoms with Crippen molar-refractivity contribution in [3.63, 3.8) is 0 Å². The van der Waals surface area contributed by atoms with Crippen molar-refractivity contribution in [2.75, 3.05) is 72.4 Å². The Kier molecular flexibility index (Phi) is 6.85. The van der Waals surface area contributed by atoms with Crippen LogP contribution >= 0.6 is 12.2 Å². The van der Waals surface area contributed by atoms with Gasteiger partial charge in [-0.2, -0.15) is 0 Å². The molecule has 4 rings (SSSR count). The average molecular weight is 407 g/mol. The molecule has 154 valence electrons. The minimum Gasteiger partial charge on any atom is -0.454 e. The summed E-state index contributed by atoms with van der Waals surface area (Å²) < 4.78 is 16.3. The van der Waals surface area contributed by atoms with Gasteiger partial charge < -0.3 is 24.4 Å². The van der Waals surface area contributed by atoms with Gasteiger partial charge in [0, 0.05) is 52.4 Å². The molecule has 2 saturated heterocycles. The summed E-state index contributed by atoms with van der Waals surface area (Å²) in [5.74, 6) is 1.71. The van der Waals surface area contributed by atoms with E-state index in [0.717, 1.165) is 95.1 Å². The van der Waals surface area contributed by atoms with Crippen LogP contribution < -0.4 is 14.8 Å². The van der Waals surface area contributed by atoms with E-state index in [1.54, 1.807) is 0 Å². The molecular weight excluding hydrogens is 376 g/mol. The van der Waals surface area contributed by atoms with Crippen LogP contribution in [-0.2, 0) is 11.3 Å². The van der Waals surface area contributed by atoms with Crippen molar-refractivity contribution in [2.24, 2.45) is 0 Å². The number of hydrogen-bond acceptors (Lipinski definition) is 6. The lowest BCUT2D eigenvalue weighted by atomic mass is 10.1. The maximum Gasteiger partial charge on any atom is 0.231 e. The maximum atomic E-state index is 5.60. The van der Waals surface area contributed by atoms with Crippen molar-refractivity contribution >= 4 is 17.3 Å². The van der Waals surface area contributed by atoms with E-state index in [4.69, 9.17) is 26.4 Å². The maximum absolute atomic E-state index is 5.60. The van der Waals surface area contributed by atoms with E-state index in [1.165, 1.54) is 5.56 Å². The number of fused-ring (bicyclic) bond motifs is 1. The quantitative estimate of drug-likeness (QED) is 0.557. The Hall–Kier alpha value is -1.61. The Balaban J connectivity index is 1.13. The van der Waals surface area contributed by atoms with Gasteiger partial charge in [-0.3, -0.25) is 9.80 Å². The van der Waals surface area contributed by atoms with Gasteiger partial charge in [0.2, 0.25) is 6.79 Å². The summed E-state index contributed by atoms with van der Waals surface area (Å²) in [5.41, 5.74) is 1.27. The van der Waals surface area contributed by atoms with Gasteiger partial charge in [0.1, 0.15) is 0 Å². The first-order valence-electron chi connectivity index (χ1n) is 10.2. The predicted octanol–water partition coefficient (Wildman–Crippen LogP) is 1.13. The highest BCUT2D eigenvalue weighted by atomic mass is 32.1. The van der Waals surface area contributed by atoms with E-state index in [9.17, 15) is 0 Å². The number of rotatable bonds is 6. The van der Waals surface area contributed by atoms with E-state index in [1.807, 2.05) is 6.07 Å². The summed E-state index contributed by atoms with van der Waals surface area (Å²) in [5, 5.41) is 4.33. The minimum atomic E-state index is 0.328. The molecular formula is C20H30N4O3S. The molecule has 1 N–H and O–H groups in total. The molecule has 2 fully saturated rings. The molecule has 0 aromatic heterocycles. The highest BCUT2D eigenvalue weighted by molar-refractivity contribution is 7.80. The molecule has 0 unspecified atom stereocenters. The zero-order valence-electron chi connectivity index (χ0n) is 16.4. The largest absolute Gasteiger partial charge is 0.454 e. The zero-order chi connectivity index (χ0) is 19.2. The molecule has 8 heteroatoms. The highest BCUT2D eigenvalue weighted by Crippen LogP contribution is 2.32. The fraction of sp³-hybridized carbons (Fsp3) is 0.650. The normalized spacial score (nSPS) is 20.4. The molecule has 3 aliphatic rings. The van der Waals surface area contributed by atoms with Crippen LogP contribution in [0.3, 0.4) is 0 Å². The monoisotopic (exact) mass is 406 g/mol. The summed E-state index contributed by atoms with van der Waals surface area (Å²) >= 11 is 5.60. The summed E-state index contributed by atoms with van der Waals surface area (Å²) in [6, 6.07) is 6.22. The summed E-state index contributed by atoms with van der Waals surface area (Å²) in [7, 11) is 0. The van der Waals surface area contributed by atoms with Crippen molar-refractivity contribution in [1.29, 1.82) is 0 Å². The van der Waals surface area contributed by atoms with Gasteiger partial charge in [0.25, 0.3) is 0 Å². The van der Waals surface area contributed by atoms with Crippen LogP contribution in [0.1, 0.15) is 12.0 Å². The average Bonchev–Trinajstić information content (AvgIpc) is 3.20. The fourth-order valence-electron chi connectivity index (χ4n) is 3.84. The molecule has 0 bridgehead atoms. The number of thiocarbonyl (C=S) groups is 1. The third-order valence-electron chi connectivity index (χ3n) is 5.53. The summed E-state index contributed by atoms with van der Waals surface area (Å²) in [6.07, 6.45) is 1.12. The Bertz CT molecular complexity index is 661.